The molecule has 100 valence electrons. The molecule has 1 amide bonds. The Bertz CT molecular complexity index is 578. The van der Waals surface area contributed by atoms with E-state index in [1.165, 1.54) is 0 Å². The van der Waals surface area contributed by atoms with Gasteiger partial charge < -0.3 is 14.7 Å². The summed E-state index contributed by atoms with van der Waals surface area (Å²) in [7, 11) is 3.55. The van der Waals surface area contributed by atoms with Crippen LogP contribution in [0.3, 0.4) is 0 Å². The summed E-state index contributed by atoms with van der Waals surface area (Å²) in [6.45, 7) is 2.25. The third kappa shape index (κ3) is 2.93. The van der Waals surface area contributed by atoms with Crippen LogP contribution in [0.2, 0.25) is 0 Å². The maximum Gasteiger partial charge on any atom is 0.256 e. The molecule has 1 aromatic heterocycles. The first-order valence-corrected chi connectivity index (χ1v) is 6.06. The SMILES string of the molecule is CNc1ccccc1C(=O)N(C)Cc1cc(C)on1. The molecule has 0 atom stereocenters. The van der Waals surface area contributed by atoms with Crippen molar-refractivity contribution in [1.29, 1.82) is 0 Å². The zero-order chi connectivity index (χ0) is 13.8. The zero-order valence-corrected chi connectivity index (χ0v) is 11.3. The number of aryl methyl sites for hydroxylation is 1. The second kappa shape index (κ2) is 5.56. The molecule has 0 saturated carbocycles. The summed E-state index contributed by atoms with van der Waals surface area (Å²) in [6, 6.07) is 9.25. The number of anilines is 1. The Morgan fingerprint density at radius 1 is 1.42 bits per heavy atom. The Labute approximate surface area is 112 Å². The summed E-state index contributed by atoms with van der Waals surface area (Å²) < 4.78 is 5.00. The average molecular weight is 259 g/mol. The molecule has 0 saturated heterocycles. The fourth-order valence-corrected chi connectivity index (χ4v) is 1.90. The molecule has 1 N–H and O–H groups in total. The van der Waals surface area contributed by atoms with Gasteiger partial charge in [-0.1, -0.05) is 17.3 Å². The lowest BCUT2D eigenvalue weighted by atomic mass is 10.1. The van der Waals surface area contributed by atoms with E-state index in [9.17, 15) is 4.79 Å². The lowest BCUT2D eigenvalue weighted by Gasteiger charge is -2.17. The first-order valence-electron chi connectivity index (χ1n) is 6.06. The molecule has 19 heavy (non-hydrogen) atoms. The van der Waals surface area contributed by atoms with Gasteiger partial charge in [-0.25, -0.2) is 0 Å². The van der Waals surface area contributed by atoms with Gasteiger partial charge in [0.05, 0.1) is 12.1 Å². The molecule has 0 fully saturated rings. The fraction of sp³-hybridized carbons (Fsp3) is 0.286. The molecule has 1 heterocycles. The highest BCUT2D eigenvalue weighted by atomic mass is 16.5. The van der Waals surface area contributed by atoms with E-state index in [4.69, 9.17) is 4.52 Å². The summed E-state index contributed by atoms with van der Waals surface area (Å²) >= 11 is 0. The number of para-hydroxylation sites is 1. The van der Waals surface area contributed by atoms with Crippen LogP contribution >= 0.6 is 0 Å². The molecule has 0 bridgehead atoms. The molecular weight excluding hydrogens is 242 g/mol. The van der Waals surface area contributed by atoms with Crippen LogP contribution in [0.15, 0.2) is 34.9 Å². The van der Waals surface area contributed by atoms with Crippen LogP contribution in [0.5, 0.6) is 0 Å². The van der Waals surface area contributed by atoms with Crippen molar-refractivity contribution >= 4 is 11.6 Å². The number of benzene rings is 1. The summed E-state index contributed by atoms with van der Waals surface area (Å²) in [5.41, 5.74) is 2.21. The smallest absolute Gasteiger partial charge is 0.256 e. The third-order valence-corrected chi connectivity index (χ3v) is 2.85. The van der Waals surface area contributed by atoms with Crippen LogP contribution in [-0.4, -0.2) is 30.1 Å². The largest absolute Gasteiger partial charge is 0.387 e. The number of amides is 1. The van der Waals surface area contributed by atoms with E-state index >= 15 is 0 Å². The van der Waals surface area contributed by atoms with Crippen molar-refractivity contribution in [1.82, 2.24) is 10.1 Å². The maximum absolute atomic E-state index is 12.4. The summed E-state index contributed by atoms with van der Waals surface area (Å²) in [4.78, 5) is 14.0. The van der Waals surface area contributed by atoms with Gasteiger partial charge in [-0.05, 0) is 19.1 Å². The number of nitrogens with one attached hydrogen (secondary N) is 1. The van der Waals surface area contributed by atoms with E-state index in [2.05, 4.69) is 10.5 Å². The molecular formula is C14H17N3O2. The van der Waals surface area contributed by atoms with Gasteiger partial charge in [0.1, 0.15) is 11.5 Å². The van der Waals surface area contributed by atoms with Gasteiger partial charge in [0, 0.05) is 25.8 Å². The van der Waals surface area contributed by atoms with Gasteiger partial charge in [-0.15, -0.1) is 0 Å². The van der Waals surface area contributed by atoms with Crippen molar-refractivity contribution in [3.63, 3.8) is 0 Å². The molecule has 0 aliphatic rings. The standard InChI is InChI=1S/C14H17N3O2/c1-10-8-11(16-19-10)9-17(3)14(18)12-6-4-5-7-13(12)15-2/h4-8,15H,9H2,1-3H3. The monoisotopic (exact) mass is 259 g/mol. The number of hydrogen-bond donors (Lipinski definition) is 1. The minimum atomic E-state index is -0.0504. The van der Waals surface area contributed by atoms with Crippen molar-refractivity contribution in [2.45, 2.75) is 13.5 Å². The van der Waals surface area contributed by atoms with Gasteiger partial charge >= 0.3 is 0 Å². The van der Waals surface area contributed by atoms with Crippen LogP contribution in [0.1, 0.15) is 21.8 Å². The number of carbonyl (C=O) groups excluding carboxylic acids is 1. The van der Waals surface area contributed by atoms with E-state index in [1.807, 2.05) is 31.2 Å². The van der Waals surface area contributed by atoms with Crippen molar-refractivity contribution < 1.29 is 9.32 Å². The number of carbonyl (C=O) groups is 1. The quantitative estimate of drug-likeness (QED) is 0.915. The Balaban J connectivity index is 2.14. The Morgan fingerprint density at radius 2 is 2.16 bits per heavy atom. The van der Waals surface area contributed by atoms with Gasteiger partial charge in [0.2, 0.25) is 0 Å². The summed E-state index contributed by atoms with van der Waals surface area (Å²) in [5, 5.41) is 6.91. The number of rotatable bonds is 4. The van der Waals surface area contributed by atoms with Crippen molar-refractivity contribution in [3.8, 4) is 0 Å². The molecule has 0 aliphatic heterocycles. The normalized spacial score (nSPS) is 10.3. The lowest BCUT2D eigenvalue weighted by molar-refractivity contribution is 0.0783. The Kier molecular flexibility index (Phi) is 3.85. The second-order valence-electron chi connectivity index (χ2n) is 4.39. The highest BCUT2D eigenvalue weighted by molar-refractivity contribution is 5.99. The van der Waals surface area contributed by atoms with Crippen molar-refractivity contribution in [3.05, 3.63) is 47.3 Å². The van der Waals surface area contributed by atoms with Crippen LogP contribution in [0.4, 0.5) is 5.69 Å². The maximum atomic E-state index is 12.4. The number of nitrogens with zero attached hydrogens (tertiary/aromatic N) is 2. The minimum absolute atomic E-state index is 0.0504. The number of aromatic nitrogens is 1. The van der Waals surface area contributed by atoms with Crippen LogP contribution in [0.25, 0.3) is 0 Å². The lowest BCUT2D eigenvalue weighted by Crippen LogP contribution is -2.27. The first-order chi connectivity index (χ1) is 9.11. The van der Waals surface area contributed by atoms with Gasteiger partial charge in [0.15, 0.2) is 0 Å². The summed E-state index contributed by atoms with van der Waals surface area (Å²) in [5.74, 6) is 0.692. The van der Waals surface area contributed by atoms with Crippen molar-refractivity contribution in [2.75, 3.05) is 19.4 Å². The summed E-state index contributed by atoms with van der Waals surface area (Å²) in [6.07, 6.45) is 0. The van der Waals surface area contributed by atoms with Crippen LogP contribution in [0, 0.1) is 6.92 Å². The minimum Gasteiger partial charge on any atom is -0.387 e. The van der Waals surface area contributed by atoms with Crippen molar-refractivity contribution in [2.24, 2.45) is 0 Å². The van der Waals surface area contributed by atoms with Crippen LogP contribution < -0.4 is 5.32 Å². The number of hydrogen-bond acceptors (Lipinski definition) is 4. The van der Waals surface area contributed by atoms with Gasteiger partial charge in [-0.2, -0.15) is 0 Å². The molecule has 2 aromatic rings. The van der Waals surface area contributed by atoms with E-state index in [0.29, 0.717) is 12.1 Å². The van der Waals surface area contributed by atoms with E-state index < -0.39 is 0 Å². The molecule has 0 spiro atoms. The second-order valence-corrected chi connectivity index (χ2v) is 4.39. The highest BCUT2D eigenvalue weighted by Crippen LogP contribution is 2.17. The molecule has 0 unspecified atom stereocenters. The first kappa shape index (κ1) is 13.1. The average Bonchev–Trinajstić information content (AvgIpc) is 2.83. The zero-order valence-electron chi connectivity index (χ0n) is 11.3. The third-order valence-electron chi connectivity index (χ3n) is 2.85. The molecule has 5 heteroatoms. The highest BCUT2D eigenvalue weighted by Gasteiger charge is 2.16. The molecule has 5 nitrogen and oxygen atoms in total. The molecule has 0 aliphatic carbocycles. The van der Waals surface area contributed by atoms with E-state index in [0.717, 1.165) is 17.1 Å². The Morgan fingerprint density at radius 3 is 2.79 bits per heavy atom. The van der Waals surface area contributed by atoms with Gasteiger partial charge in [-0.3, -0.25) is 4.79 Å². The predicted octanol–water partition coefficient (Wildman–Crippen LogP) is 2.30. The molecule has 0 radical (unpaired) electrons. The van der Waals surface area contributed by atoms with Crippen LogP contribution in [-0.2, 0) is 6.54 Å². The van der Waals surface area contributed by atoms with E-state index in [1.54, 1.807) is 25.1 Å². The topological polar surface area (TPSA) is 58.4 Å². The fourth-order valence-electron chi connectivity index (χ4n) is 1.90. The predicted molar refractivity (Wildman–Crippen MR) is 73.0 cm³/mol. The van der Waals surface area contributed by atoms with Gasteiger partial charge in [0.25, 0.3) is 5.91 Å². The molecule has 2 rings (SSSR count). The Hall–Kier alpha value is -2.30. The molecule has 1 aromatic carbocycles. The van der Waals surface area contributed by atoms with E-state index in [-0.39, 0.29) is 5.91 Å².